The van der Waals surface area contributed by atoms with Crippen molar-refractivity contribution in [3.8, 4) is 0 Å². The summed E-state index contributed by atoms with van der Waals surface area (Å²) < 4.78 is 0. The number of hydrogen-bond acceptors (Lipinski definition) is 3. The van der Waals surface area contributed by atoms with E-state index in [0.29, 0.717) is 11.8 Å². The van der Waals surface area contributed by atoms with E-state index in [1.165, 1.54) is 48.3 Å². The number of rotatable bonds is 9. The number of allylic oxidation sites excluding steroid dienone is 2. The van der Waals surface area contributed by atoms with Gasteiger partial charge in [0.2, 0.25) is 0 Å². The fourth-order valence-corrected chi connectivity index (χ4v) is 3.50. The van der Waals surface area contributed by atoms with E-state index in [-0.39, 0.29) is 0 Å². The van der Waals surface area contributed by atoms with Gasteiger partial charge in [0.05, 0.1) is 11.4 Å². The molecule has 3 heteroatoms. The van der Waals surface area contributed by atoms with Gasteiger partial charge in [-0.2, -0.15) is 0 Å². The van der Waals surface area contributed by atoms with Crippen molar-refractivity contribution in [2.75, 3.05) is 18.4 Å². The Bertz CT molecular complexity index is 536. The lowest BCUT2D eigenvalue weighted by Gasteiger charge is -2.25. The van der Waals surface area contributed by atoms with E-state index in [9.17, 15) is 0 Å². The molecule has 0 saturated heterocycles. The highest BCUT2D eigenvalue weighted by molar-refractivity contribution is 5.54. The molecule has 1 aliphatic heterocycles. The van der Waals surface area contributed by atoms with E-state index in [1.807, 2.05) is 12.3 Å². The monoisotopic (exact) mass is 329 g/mol. The maximum absolute atomic E-state index is 4.54. The van der Waals surface area contributed by atoms with Crippen molar-refractivity contribution in [1.29, 1.82) is 0 Å². The topological polar surface area (TPSA) is 37.0 Å². The van der Waals surface area contributed by atoms with Crippen LogP contribution in [-0.2, 0) is 6.42 Å². The molecule has 2 heterocycles. The molecule has 1 aromatic heterocycles. The number of hydrogen-bond donors (Lipinski definition) is 2. The zero-order valence-corrected chi connectivity index (χ0v) is 16.0. The number of pyridine rings is 1. The number of nitrogens with zero attached hydrogens (tertiary/aromatic N) is 1. The Morgan fingerprint density at radius 1 is 1.21 bits per heavy atom. The smallest absolute Gasteiger partial charge is 0.0641 e. The van der Waals surface area contributed by atoms with Crippen molar-refractivity contribution in [1.82, 2.24) is 10.3 Å². The van der Waals surface area contributed by atoms with E-state index in [0.717, 1.165) is 25.9 Å². The largest absolute Gasteiger partial charge is 0.357 e. The van der Waals surface area contributed by atoms with Crippen LogP contribution in [0, 0.1) is 11.8 Å². The van der Waals surface area contributed by atoms with E-state index >= 15 is 0 Å². The van der Waals surface area contributed by atoms with Gasteiger partial charge in [0.15, 0.2) is 0 Å². The lowest BCUT2D eigenvalue weighted by molar-refractivity contribution is 0.391. The second-order valence-corrected chi connectivity index (χ2v) is 7.33. The molecule has 0 aliphatic carbocycles. The average molecular weight is 330 g/mol. The van der Waals surface area contributed by atoms with E-state index in [2.05, 4.69) is 49.4 Å². The number of fused-ring (bicyclic) bond motifs is 1. The average Bonchev–Trinajstić information content (AvgIpc) is 2.76. The molecule has 134 valence electrons. The van der Waals surface area contributed by atoms with Gasteiger partial charge in [0, 0.05) is 11.9 Å². The van der Waals surface area contributed by atoms with Crippen LogP contribution >= 0.6 is 0 Å². The SMILES string of the molecule is CCCNCCCCC(C)C(C)C1=C(C)CCc2ncccc2N1. The number of nitrogens with one attached hydrogen (secondary N) is 2. The minimum Gasteiger partial charge on any atom is -0.357 e. The van der Waals surface area contributed by atoms with Gasteiger partial charge in [-0.15, -0.1) is 0 Å². The molecule has 2 N–H and O–H groups in total. The summed E-state index contributed by atoms with van der Waals surface area (Å²) in [6, 6.07) is 4.19. The molecule has 0 amide bonds. The van der Waals surface area contributed by atoms with E-state index < -0.39 is 0 Å². The predicted molar refractivity (Wildman–Crippen MR) is 104 cm³/mol. The van der Waals surface area contributed by atoms with Crippen LogP contribution in [0.2, 0.25) is 0 Å². The second kappa shape index (κ2) is 9.83. The summed E-state index contributed by atoms with van der Waals surface area (Å²) in [4.78, 5) is 4.54. The Balaban J connectivity index is 1.89. The van der Waals surface area contributed by atoms with Crippen molar-refractivity contribution >= 4 is 5.69 Å². The third-order valence-corrected chi connectivity index (χ3v) is 5.35. The summed E-state index contributed by atoms with van der Waals surface area (Å²) in [5.41, 5.74) is 5.33. The molecule has 0 saturated carbocycles. The molecule has 0 aromatic carbocycles. The van der Waals surface area contributed by atoms with Gasteiger partial charge in [0.1, 0.15) is 0 Å². The zero-order valence-electron chi connectivity index (χ0n) is 16.0. The molecule has 3 nitrogen and oxygen atoms in total. The fourth-order valence-electron chi connectivity index (χ4n) is 3.50. The first-order valence-electron chi connectivity index (χ1n) is 9.74. The van der Waals surface area contributed by atoms with Gasteiger partial charge in [-0.05, 0) is 69.7 Å². The molecule has 0 fully saturated rings. The lowest BCUT2D eigenvalue weighted by Crippen LogP contribution is -2.19. The van der Waals surface area contributed by atoms with Crippen LogP contribution in [0.1, 0.15) is 65.5 Å². The molecule has 2 unspecified atom stereocenters. The van der Waals surface area contributed by atoms with Gasteiger partial charge in [0.25, 0.3) is 0 Å². The molecule has 0 radical (unpaired) electrons. The molecule has 1 aromatic rings. The van der Waals surface area contributed by atoms with Crippen LogP contribution < -0.4 is 10.6 Å². The first-order chi connectivity index (χ1) is 11.6. The van der Waals surface area contributed by atoms with E-state index in [1.54, 1.807) is 0 Å². The maximum atomic E-state index is 4.54. The molecule has 0 spiro atoms. The minimum atomic E-state index is 0.569. The van der Waals surface area contributed by atoms with Gasteiger partial charge < -0.3 is 10.6 Å². The predicted octanol–water partition coefficient (Wildman–Crippen LogP) is 5.16. The Morgan fingerprint density at radius 2 is 2.04 bits per heavy atom. The molecular weight excluding hydrogens is 294 g/mol. The van der Waals surface area contributed by atoms with Gasteiger partial charge >= 0.3 is 0 Å². The van der Waals surface area contributed by atoms with Crippen LogP contribution in [0.15, 0.2) is 29.6 Å². The first-order valence-corrected chi connectivity index (χ1v) is 9.74. The molecule has 2 rings (SSSR count). The summed E-state index contributed by atoms with van der Waals surface area (Å²) in [5, 5.41) is 7.21. The maximum Gasteiger partial charge on any atom is 0.0641 e. The first kappa shape index (κ1) is 19.0. The molecule has 2 atom stereocenters. The van der Waals surface area contributed by atoms with Gasteiger partial charge in [-0.1, -0.05) is 39.2 Å². The fraction of sp³-hybridized carbons (Fsp3) is 0.667. The van der Waals surface area contributed by atoms with Crippen LogP contribution in [0.4, 0.5) is 5.69 Å². The summed E-state index contributed by atoms with van der Waals surface area (Å²) in [6.07, 6.45) is 9.19. The van der Waals surface area contributed by atoms with Crippen molar-refractivity contribution in [3.05, 3.63) is 35.3 Å². The van der Waals surface area contributed by atoms with Crippen LogP contribution in [-0.4, -0.2) is 18.1 Å². The molecule has 0 bridgehead atoms. The summed E-state index contributed by atoms with van der Waals surface area (Å²) in [6.45, 7) is 11.6. The summed E-state index contributed by atoms with van der Waals surface area (Å²) in [5.74, 6) is 1.27. The highest BCUT2D eigenvalue weighted by Gasteiger charge is 2.22. The number of aryl methyl sites for hydroxylation is 1. The normalized spacial score (nSPS) is 17.0. The zero-order chi connectivity index (χ0) is 17.4. The highest BCUT2D eigenvalue weighted by Crippen LogP contribution is 2.32. The Labute approximate surface area is 148 Å². The standard InChI is InChI=1S/C21H35N3/c1-5-13-22-14-7-6-9-16(2)18(4)21-17(3)11-12-19-20(24-21)10-8-15-23-19/h8,10,15-16,18,22,24H,5-7,9,11-14H2,1-4H3. The lowest BCUT2D eigenvalue weighted by atomic mass is 9.86. The van der Waals surface area contributed by atoms with E-state index in [4.69, 9.17) is 0 Å². The quantitative estimate of drug-likeness (QED) is 0.615. The van der Waals surface area contributed by atoms with Gasteiger partial charge in [-0.25, -0.2) is 0 Å². The minimum absolute atomic E-state index is 0.569. The third kappa shape index (κ3) is 5.34. The Hall–Kier alpha value is -1.35. The number of unbranched alkanes of at least 4 members (excludes halogenated alkanes) is 1. The number of aromatic nitrogens is 1. The highest BCUT2D eigenvalue weighted by atomic mass is 14.9. The second-order valence-electron chi connectivity index (χ2n) is 7.33. The molecule has 1 aliphatic rings. The van der Waals surface area contributed by atoms with Crippen LogP contribution in [0.3, 0.4) is 0 Å². The van der Waals surface area contributed by atoms with Gasteiger partial charge in [-0.3, -0.25) is 4.98 Å². The van der Waals surface area contributed by atoms with Crippen molar-refractivity contribution < 1.29 is 0 Å². The van der Waals surface area contributed by atoms with Crippen molar-refractivity contribution in [2.24, 2.45) is 11.8 Å². The molecular formula is C21H35N3. The third-order valence-electron chi connectivity index (χ3n) is 5.35. The number of anilines is 1. The Kier molecular flexibility index (Phi) is 7.77. The Morgan fingerprint density at radius 3 is 2.83 bits per heavy atom. The van der Waals surface area contributed by atoms with Crippen molar-refractivity contribution in [2.45, 2.75) is 66.2 Å². The summed E-state index contributed by atoms with van der Waals surface area (Å²) in [7, 11) is 0. The summed E-state index contributed by atoms with van der Waals surface area (Å²) >= 11 is 0. The van der Waals surface area contributed by atoms with Crippen molar-refractivity contribution in [3.63, 3.8) is 0 Å². The molecule has 24 heavy (non-hydrogen) atoms. The van der Waals surface area contributed by atoms with Crippen LogP contribution in [0.25, 0.3) is 0 Å². The van der Waals surface area contributed by atoms with Crippen LogP contribution in [0.5, 0.6) is 0 Å².